The summed E-state index contributed by atoms with van der Waals surface area (Å²) < 4.78 is 1.99. The topological polar surface area (TPSA) is 65.4 Å². The van der Waals surface area contributed by atoms with Crippen LogP contribution in [0.5, 0.6) is 0 Å². The fourth-order valence-corrected chi connectivity index (χ4v) is 2.01. The summed E-state index contributed by atoms with van der Waals surface area (Å²) in [5.74, 6) is 0.733. The van der Waals surface area contributed by atoms with Crippen molar-refractivity contribution in [3.05, 3.63) is 30.1 Å². The molecule has 2 rings (SSSR count). The van der Waals surface area contributed by atoms with Crippen molar-refractivity contribution in [2.75, 3.05) is 0 Å². The molecule has 0 N–H and O–H groups in total. The van der Waals surface area contributed by atoms with E-state index in [2.05, 4.69) is 17.1 Å². The Kier molecular flexibility index (Phi) is 3.07. The van der Waals surface area contributed by atoms with Gasteiger partial charge in [-0.3, -0.25) is 0 Å². The molecule has 1 unspecified atom stereocenters. The Hall–Kier alpha value is -2.33. The van der Waals surface area contributed by atoms with Gasteiger partial charge in [0, 0.05) is 6.04 Å². The molecule has 0 spiro atoms. The third kappa shape index (κ3) is 1.98. The molecule has 1 atom stereocenters. The Balaban J connectivity index is 2.60. The molecule has 0 saturated carbocycles. The molecule has 0 aliphatic rings. The minimum absolute atomic E-state index is 0.0377. The van der Waals surface area contributed by atoms with Gasteiger partial charge in [0.2, 0.25) is 0 Å². The molecule has 2 aromatic rings. The van der Waals surface area contributed by atoms with Gasteiger partial charge in [-0.2, -0.15) is 10.5 Å². The molecule has 0 radical (unpaired) electrons. The molecular weight excluding hydrogens is 212 g/mol. The maximum Gasteiger partial charge on any atom is 0.124 e. The zero-order chi connectivity index (χ0) is 12.3. The molecule has 0 amide bonds. The van der Waals surface area contributed by atoms with Gasteiger partial charge in [0.15, 0.2) is 0 Å². The van der Waals surface area contributed by atoms with Crippen LogP contribution in [0.4, 0.5) is 0 Å². The molecule has 1 aromatic heterocycles. The molecule has 1 heterocycles. The van der Waals surface area contributed by atoms with Crippen molar-refractivity contribution < 1.29 is 0 Å². The van der Waals surface area contributed by atoms with Crippen LogP contribution in [0, 0.1) is 22.7 Å². The SMILES string of the molecule is CC(CC#N)n1c(CC#N)nc2ccccc21. The molecule has 0 saturated heterocycles. The van der Waals surface area contributed by atoms with Crippen molar-refractivity contribution in [2.24, 2.45) is 0 Å². The normalized spacial score (nSPS) is 11.9. The zero-order valence-electron chi connectivity index (χ0n) is 9.59. The second kappa shape index (κ2) is 4.67. The molecule has 0 aliphatic heterocycles. The monoisotopic (exact) mass is 224 g/mol. The molecule has 0 fully saturated rings. The number of para-hydroxylation sites is 2. The summed E-state index contributed by atoms with van der Waals surface area (Å²) in [7, 11) is 0. The first-order valence-corrected chi connectivity index (χ1v) is 5.47. The molecule has 84 valence electrons. The van der Waals surface area contributed by atoms with E-state index in [1.165, 1.54) is 0 Å². The lowest BCUT2D eigenvalue weighted by Gasteiger charge is -2.13. The van der Waals surface area contributed by atoms with Gasteiger partial charge in [0.25, 0.3) is 0 Å². The van der Waals surface area contributed by atoms with E-state index in [0.29, 0.717) is 6.42 Å². The number of nitrogens with zero attached hydrogens (tertiary/aromatic N) is 4. The minimum atomic E-state index is 0.0377. The second-order valence-electron chi connectivity index (χ2n) is 3.93. The zero-order valence-corrected chi connectivity index (χ0v) is 9.59. The minimum Gasteiger partial charge on any atom is -0.323 e. The van der Waals surface area contributed by atoms with Gasteiger partial charge in [0.1, 0.15) is 5.82 Å². The summed E-state index contributed by atoms with van der Waals surface area (Å²) in [6, 6.07) is 12.1. The summed E-state index contributed by atoms with van der Waals surface area (Å²) in [6.07, 6.45) is 0.684. The van der Waals surface area contributed by atoms with Gasteiger partial charge in [0.05, 0.1) is 36.0 Å². The number of imidazole rings is 1. The van der Waals surface area contributed by atoms with Crippen molar-refractivity contribution in [1.82, 2.24) is 9.55 Å². The highest BCUT2D eigenvalue weighted by Crippen LogP contribution is 2.22. The Morgan fingerprint density at radius 2 is 2.06 bits per heavy atom. The number of hydrogen-bond donors (Lipinski definition) is 0. The third-order valence-electron chi connectivity index (χ3n) is 2.73. The Morgan fingerprint density at radius 3 is 2.76 bits per heavy atom. The predicted octanol–water partition coefficient (Wildman–Crippen LogP) is 2.58. The van der Waals surface area contributed by atoms with E-state index in [1.54, 1.807) is 0 Å². The quantitative estimate of drug-likeness (QED) is 0.804. The van der Waals surface area contributed by atoms with Crippen LogP contribution in [0.25, 0.3) is 11.0 Å². The number of benzene rings is 1. The molecule has 4 heteroatoms. The highest BCUT2D eigenvalue weighted by molar-refractivity contribution is 5.76. The number of rotatable bonds is 3. The van der Waals surface area contributed by atoms with Crippen LogP contribution in [-0.2, 0) is 6.42 Å². The number of aromatic nitrogens is 2. The summed E-state index contributed by atoms with van der Waals surface area (Å²) in [4.78, 5) is 4.44. The molecule has 0 aliphatic carbocycles. The van der Waals surface area contributed by atoms with Gasteiger partial charge >= 0.3 is 0 Å². The fraction of sp³-hybridized carbons (Fsp3) is 0.308. The Bertz CT molecular complexity index is 612. The molecule has 1 aromatic carbocycles. The highest BCUT2D eigenvalue weighted by atomic mass is 15.1. The highest BCUT2D eigenvalue weighted by Gasteiger charge is 2.14. The van der Waals surface area contributed by atoms with Crippen molar-refractivity contribution in [2.45, 2.75) is 25.8 Å². The van der Waals surface area contributed by atoms with Crippen LogP contribution in [0.15, 0.2) is 24.3 Å². The summed E-state index contributed by atoms with van der Waals surface area (Å²) in [5.41, 5.74) is 1.86. The van der Waals surface area contributed by atoms with E-state index >= 15 is 0 Å². The van der Waals surface area contributed by atoms with Crippen LogP contribution in [0.2, 0.25) is 0 Å². The smallest absolute Gasteiger partial charge is 0.124 e. The van der Waals surface area contributed by atoms with Gasteiger partial charge < -0.3 is 4.57 Å². The molecule has 17 heavy (non-hydrogen) atoms. The van der Waals surface area contributed by atoms with Crippen LogP contribution >= 0.6 is 0 Å². The summed E-state index contributed by atoms with van der Waals surface area (Å²) in [5, 5.41) is 17.6. The summed E-state index contributed by atoms with van der Waals surface area (Å²) >= 11 is 0. The molecular formula is C13H12N4. The van der Waals surface area contributed by atoms with Crippen molar-refractivity contribution in [3.8, 4) is 12.1 Å². The number of nitriles is 2. The van der Waals surface area contributed by atoms with E-state index in [9.17, 15) is 0 Å². The average Bonchev–Trinajstić information content (AvgIpc) is 2.67. The Labute approximate surface area is 99.7 Å². The van der Waals surface area contributed by atoms with Crippen molar-refractivity contribution >= 4 is 11.0 Å². The second-order valence-corrected chi connectivity index (χ2v) is 3.93. The van der Waals surface area contributed by atoms with E-state index < -0.39 is 0 Å². The largest absolute Gasteiger partial charge is 0.323 e. The number of fused-ring (bicyclic) bond motifs is 1. The maximum atomic E-state index is 8.81. The molecule has 0 bridgehead atoms. The first-order chi connectivity index (χ1) is 8.27. The van der Waals surface area contributed by atoms with Crippen LogP contribution in [0.1, 0.15) is 25.2 Å². The van der Waals surface area contributed by atoms with Gasteiger partial charge in [-0.15, -0.1) is 0 Å². The van der Waals surface area contributed by atoms with Crippen LogP contribution in [-0.4, -0.2) is 9.55 Å². The van der Waals surface area contributed by atoms with Crippen molar-refractivity contribution in [1.29, 1.82) is 10.5 Å². The van der Waals surface area contributed by atoms with Gasteiger partial charge in [-0.25, -0.2) is 4.98 Å². The number of hydrogen-bond acceptors (Lipinski definition) is 3. The third-order valence-corrected chi connectivity index (χ3v) is 2.73. The van der Waals surface area contributed by atoms with E-state index in [0.717, 1.165) is 16.9 Å². The van der Waals surface area contributed by atoms with Crippen LogP contribution < -0.4 is 0 Å². The predicted molar refractivity (Wildman–Crippen MR) is 64.0 cm³/mol. The lowest BCUT2D eigenvalue weighted by atomic mass is 10.2. The van der Waals surface area contributed by atoms with Crippen molar-refractivity contribution in [3.63, 3.8) is 0 Å². The fourth-order valence-electron chi connectivity index (χ4n) is 2.01. The first kappa shape index (κ1) is 11.2. The lowest BCUT2D eigenvalue weighted by molar-refractivity contribution is 0.555. The van der Waals surface area contributed by atoms with E-state index in [1.807, 2.05) is 35.8 Å². The standard InChI is InChI=1S/C13H12N4/c1-10(6-8-14)17-12-5-3-2-4-11(12)16-13(17)7-9-15/h2-5,10H,6-7H2,1H3. The lowest BCUT2D eigenvalue weighted by Crippen LogP contribution is -2.08. The van der Waals surface area contributed by atoms with E-state index in [4.69, 9.17) is 10.5 Å². The van der Waals surface area contributed by atoms with E-state index in [-0.39, 0.29) is 12.5 Å². The maximum absolute atomic E-state index is 8.81. The summed E-state index contributed by atoms with van der Waals surface area (Å²) in [6.45, 7) is 1.97. The van der Waals surface area contributed by atoms with Crippen LogP contribution in [0.3, 0.4) is 0 Å². The van der Waals surface area contributed by atoms with Gasteiger partial charge in [-0.1, -0.05) is 12.1 Å². The first-order valence-electron chi connectivity index (χ1n) is 5.47. The molecule has 4 nitrogen and oxygen atoms in total. The average molecular weight is 224 g/mol. The Morgan fingerprint density at radius 1 is 1.29 bits per heavy atom. The van der Waals surface area contributed by atoms with Gasteiger partial charge in [-0.05, 0) is 19.1 Å².